The molecule has 0 saturated carbocycles. The van der Waals surface area contributed by atoms with E-state index < -0.39 is 6.10 Å². The highest BCUT2D eigenvalue weighted by atomic mass is 16.5. The minimum atomic E-state index is -0.506. The van der Waals surface area contributed by atoms with Gasteiger partial charge in [-0.05, 0) is 23.6 Å². The zero-order valence-corrected chi connectivity index (χ0v) is 12.4. The second-order valence-electron chi connectivity index (χ2n) is 5.25. The molecule has 0 aliphatic rings. The highest BCUT2D eigenvalue weighted by molar-refractivity contribution is 5.21. The summed E-state index contributed by atoms with van der Waals surface area (Å²) in [6.45, 7) is 3.85. The summed E-state index contributed by atoms with van der Waals surface area (Å²) in [5.74, 6) is 1.21. The molecule has 2 aromatic carbocycles. The fourth-order valence-corrected chi connectivity index (χ4v) is 2.13. The van der Waals surface area contributed by atoms with E-state index >= 15 is 0 Å². The van der Waals surface area contributed by atoms with Crippen LogP contribution in [0.25, 0.3) is 0 Å². The van der Waals surface area contributed by atoms with Crippen molar-refractivity contribution in [3.05, 3.63) is 66.2 Å². The molecule has 3 heteroatoms. The average molecular weight is 285 g/mol. The molecule has 2 atom stereocenters. The number of para-hydroxylation sites is 1. The van der Waals surface area contributed by atoms with Crippen LogP contribution in [0.1, 0.15) is 18.4 Å². The van der Waals surface area contributed by atoms with Crippen molar-refractivity contribution >= 4 is 0 Å². The largest absolute Gasteiger partial charge is 0.491 e. The van der Waals surface area contributed by atoms with Crippen LogP contribution in [0.4, 0.5) is 0 Å². The highest BCUT2D eigenvalue weighted by Gasteiger charge is 2.08. The van der Waals surface area contributed by atoms with Gasteiger partial charge in [-0.25, -0.2) is 0 Å². The molecule has 2 N–H and O–H groups in total. The van der Waals surface area contributed by atoms with E-state index in [9.17, 15) is 5.11 Å². The third-order valence-electron chi connectivity index (χ3n) is 3.38. The fraction of sp³-hybridized carbons (Fsp3) is 0.333. The van der Waals surface area contributed by atoms with Crippen molar-refractivity contribution in [3.63, 3.8) is 0 Å². The summed E-state index contributed by atoms with van der Waals surface area (Å²) in [5, 5.41) is 13.2. The van der Waals surface area contributed by atoms with Gasteiger partial charge in [-0.15, -0.1) is 0 Å². The zero-order chi connectivity index (χ0) is 14.9. The van der Waals surface area contributed by atoms with Crippen LogP contribution in [-0.4, -0.2) is 30.9 Å². The Bertz CT molecular complexity index is 501. The molecule has 0 aliphatic heterocycles. The molecule has 2 rings (SSSR count). The minimum absolute atomic E-state index is 0.302. The van der Waals surface area contributed by atoms with Crippen LogP contribution in [0.2, 0.25) is 0 Å². The van der Waals surface area contributed by atoms with Crippen molar-refractivity contribution in [2.24, 2.45) is 0 Å². The van der Waals surface area contributed by atoms with Gasteiger partial charge >= 0.3 is 0 Å². The summed E-state index contributed by atoms with van der Waals surface area (Å²) < 4.78 is 5.52. The summed E-state index contributed by atoms with van der Waals surface area (Å²) in [6.07, 6.45) is -0.506. The monoisotopic (exact) mass is 285 g/mol. The maximum atomic E-state index is 9.91. The van der Waals surface area contributed by atoms with E-state index in [-0.39, 0.29) is 0 Å². The lowest BCUT2D eigenvalue weighted by Gasteiger charge is -2.16. The standard InChI is InChI=1S/C18H23NO2/c1-15(16-8-4-2-5-9-16)12-19-13-17(20)14-21-18-10-6-3-7-11-18/h2-11,15,17,19-20H,12-14H2,1H3. The van der Waals surface area contributed by atoms with Crippen molar-refractivity contribution in [1.82, 2.24) is 5.32 Å². The number of hydrogen-bond donors (Lipinski definition) is 2. The van der Waals surface area contributed by atoms with Crippen LogP contribution < -0.4 is 10.1 Å². The third kappa shape index (κ3) is 5.58. The summed E-state index contributed by atoms with van der Waals surface area (Å²) in [4.78, 5) is 0. The second-order valence-corrected chi connectivity index (χ2v) is 5.25. The Kier molecular flexibility index (Phi) is 6.25. The van der Waals surface area contributed by atoms with Gasteiger partial charge in [-0.1, -0.05) is 55.5 Å². The zero-order valence-electron chi connectivity index (χ0n) is 12.4. The Hall–Kier alpha value is -1.84. The van der Waals surface area contributed by atoms with Crippen molar-refractivity contribution < 1.29 is 9.84 Å². The molecular weight excluding hydrogens is 262 g/mol. The Labute approximate surface area is 126 Å². The molecule has 0 fully saturated rings. The Morgan fingerprint density at radius 2 is 1.57 bits per heavy atom. The predicted molar refractivity (Wildman–Crippen MR) is 85.7 cm³/mol. The topological polar surface area (TPSA) is 41.5 Å². The first kappa shape index (κ1) is 15.5. The van der Waals surface area contributed by atoms with Crippen LogP contribution in [0.3, 0.4) is 0 Å². The molecule has 0 heterocycles. The second kappa shape index (κ2) is 8.45. The molecule has 0 spiro atoms. The summed E-state index contributed by atoms with van der Waals surface area (Å²) in [5.41, 5.74) is 1.31. The number of hydrogen-bond acceptors (Lipinski definition) is 3. The number of benzene rings is 2. The molecule has 112 valence electrons. The van der Waals surface area contributed by atoms with Crippen molar-refractivity contribution in [3.8, 4) is 5.75 Å². The third-order valence-corrected chi connectivity index (χ3v) is 3.38. The maximum absolute atomic E-state index is 9.91. The van der Waals surface area contributed by atoms with E-state index in [0.29, 0.717) is 19.1 Å². The molecule has 2 aromatic rings. The van der Waals surface area contributed by atoms with E-state index in [2.05, 4.69) is 24.4 Å². The molecule has 0 radical (unpaired) electrons. The number of aliphatic hydroxyl groups excluding tert-OH is 1. The predicted octanol–water partition coefficient (Wildman–Crippen LogP) is 2.82. The lowest BCUT2D eigenvalue weighted by Crippen LogP contribution is -2.33. The summed E-state index contributed by atoms with van der Waals surface area (Å²) >= 11 is 0. The van der Waals surface area contributed by atoms with E-state index in [0.717, 1.165) is 12.3 Å². The maximum Gasteiger partial charge on any atom is 0.119 e. The molecule has 3 nitrogen and oxygen atoms in total. The van der Waals surface area contributed by atoms with Crippen LogP contribution in [0.15, 0.2) is 60.7 Å². The van der Waals surface area contributed by atoms with Crippen molar-refractivity contribution in [2.75, 3.05) is 19.7 Å². The molecule has 0 bridgehead atoms. The van der Waals surface area contributed by atoms with E-state index in [4.69, 9.17) is 4.74 Å². The van der Waals surface area contributed by atoms with Crippen LogP contribution in [-0.2, 0) is 0 Å². The normalized spacial score (nSPS) is 13.6. The van der Waals surface area contributed by atoms with E-state index in [1.807, 2.05) is 48.5 Å². The molecule has 21 heavy (non-hydrogen) atoms. The number of ether oxygens (including phenoxy) is 1. The number of nitrogens with one attached hydrogen (secondary N) is 1. The molecular formula is C18H23NO2. The fourth-order valence-electron chi connectivity index (χ4n) is 2.13. The smallest absolute Gasteiger partial charge is 0.119 e. The van der Waals surface area contributed by atoms with Gasteiger partial charge in [-0.3, -0.25) is 0 Å². The van der Waals surface area contributed by atoms with Crippen LogP contribution in [0.5, 0.6) is 5.75 Å². The van der Waals surface area contributed by atoms with E-state index in [1.54, 1.807) is 0 Å². The van der Waals surface area contributed by atoms with Crippen LogP contribution >= 0.6 is 0 Å². The Balaban J connectivity index is 1.64. The van der Waals surface area contributed by atoms with E-state index in [1.165, 1.54) is 5.56 Å². The Morgan fingerprint density at radius 1 is 0.952 bits per heavy atom. The molecule has 0 aromatic heterocycles. The minimum Gasteiger partial charge on any atom is -0.491 e. The molecule has 0 aliphatic carbocycles. The summed E-state index contributed by atoms with van der Waals surface area (Å²) in [7, 11) is 0. The first-order valence-electron chi connectivity index (χ1n) is 7.37. The van der Waals surface area contributed by atoms with Gasteiger partial charge in [0.25, 0.3) is 0 Å². The average Bonchev–Trinajstić information content (AvgIpc) is 2.54. The molecule has 2 unspecified atom stereocenters. The van der Waals surface area contributed by atoms with Gasteiger partial charge in [0.15, 0.2) is 0 Å². The highest BCUT2D eigenvalue weighted by Crippen LogP contribution is 2.13. The quantitative estimate of drug-likeness (QED) is 0.783. The number of rotatable bonds is 8. The van der Waals surface area contributed by atoms with Gasteiger partial charge in [0.1, 0.15) is 18.5 Å². The Morgan fingerprint density at radius 3 is 2.24 bits per heavy atom. The lowest BCUT2D eigenvalue weighted by atomic mass is 10.0. The SMILES string of the molecule is CC(CNCC(O)COc1ccccc1)c1ccccc1. The van der Waals surface area contributed by atoms with Gasteiger partial charge in [0.05, 0.1) is 0 Å². The van der Waals surface area contributed by atoms with Crippen molar-refractivity contribution in [2.45, 2.75) is 18.9 Å². The van der Waals surface area contributed by atoms with Gasteiger partial charge < -0.3 is 15.2 Å². The first-order valence-corrected chi connectivity index (χ1v) is 7.37. The first-order chi connectivity index (χ1) is 10.3. The van der Waals surface area contributed by atoms with Gasteiger partial charge in [0.2, 0.25) is 0 Å². The summed E-state index contributed by atoms with van der Waals surface area (Å²) in [6, 6.07) is 19.9. The van der Waals surface area contributed by atoms with Gasteiger partial charge in [0, 0.05) is 13.1 Å². The van der Waals surface area contributed by atoms with Gasteiger partial charge in [-0.2, -0.15) is 0 Å². The van der Waals surface area contributed by atoms with Crippen molar-refractivity contribution in [1.29, 1.82) is 0 Å². The van der Waals surface area contributed by atoms with Crippen LogP contribution in [0, 0.1) is 0 Å². The molecule has 0 amide bonds. The lowest BCUT2D eigenvalue weighted by molar-refractivity contribution is 0.106. The molecule has 0 saturated heterocycles. The number of aliphatic hydroxyl groups is 1.